The molecule has 1 aromatic carbocycles. The molecule has 1 aliphatic rings. The first kappa shape index (κ1) is 12.4. The summed E-state index contributed by atoms with van der Waals surface area (Å²) in [7, 11) is 0. The van der Waals surface area contributed by atoms with Gasteiger partial charge in [-0.25, -0.2) is 0 Å². The SMILES string of the molecule is O=C(Cc1cccc(Cl)c1)OC1CCCCO1. The summed E-state index contributed by atoms with van der Waals surface area (Å²) in [5, 5.41) is 0.629. The Bertz CT molecular complexity index is 386. The predicted molar refractivity (Wildman–Crippen MR) is 64.8 cm³/mol. The number of hydrogen-bond donors (Lipinski definition) is 0. The van der Waals surface area contributed by atoms with Crippen molar-refractivity contribution in [3.05, 3.63) is 34.9 Å². The Morgan fingerprint density at radius 3 is 3.06 bits per heavy atom. The zero-order valence-corrected chi connectivity index (χ0v) is 10.3. The number of halogens is 1. The second-order valence-electron chi connectivity index (χ2n) is 4.09. The molecule has 4 heteroatoms. The van der Waals surface area contributed by atoms with Crippen LogP contribution in [-0.2, 0) is 20.7 Å². The van der Waals surface area contributed by atoms with Crippen LogP contribution in [-0.4, -0.2) is 18.9 Å². The van der Waals surface area contributed by atoms with Crippen molar-refractivity contribution in [1.82, 2.24) is 0 Å². The van der Waals surface area contributed by atoms with Gasteiger partial charge in [0.2, 0.25) is 6.29 Å². The van der Waals surface area contributed by atoms with E-state index < -0.39 is 0 Å². The van der Waals surface area contributed by atoms with Gasteiger partial charge in [0.05, 0.1) is 13.0 Å². The summed E-state index contributed by atoms with van der Waals surface area (Å²) in [4.78, 5) is 11.6. The maximum atomic E-state index is 11.6. The van der Waals surface area contributed by atoms with Crippen molar-refractivity contribution in [2.75, 3.05) is 6.61 Å². The van der Waals surface area contributed by atoms with Crippen LogP contribution in [0.15, 0.2) is 24.3 Å². The summed E-state index contributed by atoms with van der Waals surface area (Å²) in [5.41, 5.74) is 0.860. The summed E-state index contributed by atoms with van der Waals surface area (Å²) < 4.78 is 10.6. The van der Waals surface area contributed by atoms with Crippen molar-refractivity contribution in [3.63, 3.8) is 0 Å². The first-order valence-electron chi connectivity index (χ1n) is 5.79. The fraction of sp³-hybridized carbons (Fsp3) is 0.462. The second kappa shape index (κ2) is 6.03. The minimum absolute atomic E-state index is 0.237. The van der Waals surface area contributed by atoms with Crippen LogP contribution in [0.25, 0.3) is 0 Å². The smallest absolute Gasteiger partial charge is 0.312 e. The largest absolute Gasteiger partial charge is 0.436 e. The molecule has 0 spiro atoms. The van der Waals surface area contributed by atoms with E-state index in [2.05, 4.69) is 0 Å². The Hall–Kier alpha value is -1.06. The van der Waals surface area contributed by atoms with E-state index in [-0.39, 0.29) is 18.7 Å². The number of benzene rings is 1. The lowest BCUT2D eigenvalue weighted by atomic mass is 10.1. The minimum Gasteiger partial charge on any atom is -0.436 e. The molecule has 1 heterocycles. The fourth-order valence-electron chi connectivity index (χ4n) is 1.81. The van der Waals surface area contributed by atoms with Crippen LogP contribution in [0, 0.1) is 0 Å². The third-order valence-corrected chi connectivity index (χ3v) is 2.87. The molecule has 17 heavy (non-hydrogen) atoms. The van der Waals surface area contributed by atoms with Crippen LogP contribution >= 0.6 is 11.6 Å². The van der Waals surface area contributed by atoms with Gasteiger partial charge in [-0.3, -0.25) is 4.79 Å². The van der Waals surface area contributed by atoms with Crippen LogP contribution < -0.4 is 0 Å². The van der Waals surface area contributed by atoms with Crippen molar-refractivity contribution >= 4 is 17.6 Å². The third-order valence-electron chi connectivity index (χ3n) is 2.64. The van der Waals surface area contributed by atoms with Crippen molar-refractivity contribution in [2.24, 2.45) is 0 Å². The van der Waals surface area contributed by atoms with Gasteiger partial charge in [-0.2, -0.15) is 0 Å². The van der Waals surface area contributed by atoms with Crippen molar-refractivity contribution < 1.29 is 14.3 Å². The van der Waals surface area contributed by atoms with Gasteiger partial charge in [-0.1, -0.05) is 23.7 Å². The van der Waals surface area contributed by atoms with Gasteiger partial charge in [-0.05, 0) is 30.5 Å². The first-order chi connectivity index (χ1) is 8.24. The molecule has 1 aromatic rings. The monoisotopic (exact) mass is 254 g/mol. The molecule has 0 aliphatic carbocycles. The van der Waals surface area contributed by atoms with E-state index in [1.54, 1.807) is 12.1 Å². The Kier molecular flexibility index (Phi) is 4.40. The van der Waals surface area contributed by atoms with Gasteiger partial charge >= 0.3 is 5.97 Å². The van der Waals surface area contributed by atoms with Gasteiger partial charge in [0, 0.05) is 11.4 Å². The van der Waals surface area contributed by atoms with E-state index >= 15 is 0 Å². The van der Waals surface area contributed by atoms with Gasteiger partial charge in [0.15, 0.2) is 0 Å². The van der Waals surface area contributed by atoms with Crippen LogP contribution in [0.3, 0.4) is 0 Å². The molecule has 92 valence electrons. The number of ether oxygens (including phenoxy) is 2. The predicted octanol–water partition coefficient (Wildman–Crippen LogP) is 2.95. The van der Waals surface area contributed by atoms with Crippen molar-refractivity contribution in [2.45, 2.75) is 32.0 Å². The molecule has 0 amide bonds. The highest BCUT2D eigenvalue weighted by Gasteiger charge is 2.18. The first-order valence-corrected chi connectivity index (χ1v) is 6.17. The highest BCUT2D eigenvalue weighted by atomic mass is 35.5. The maximum absolute atomic E-state index is 11.6. The van der Waals surface area contributed by atoms with E-state index in [4.69, 9.17) is 21.1 Å². The Morgan fingerprint density at radius 1 is 1.47 bits per heavy atom. The summed E-state index contributed by atoms with van der Waals surface area (Å²) in [6.45, 7) is 0.676. The highest BCUT2D eigenvalue weighted by Crippen LogP contribution is 2.16. The molecule has 1 fully saturated rings. The number of carbonyl (C=O) groups is 1. The Labute approximate surface area is 106 Å². The van der Waals surface area contributed by atoms with Crippen LogP contribution in [0.4, 0.5) is 0 Å². The Morgan fingerprint density at radius 2 is 2.35 bits per heavy atom. The molecule has 0 N–H and O–H groups in total. The Balaban J connectivity index is 1.84. The molecule has 1 saturated heterocycles. The van der Waals surface area contributed by atoms with Crippen LogP contribution in [0.2, 0.25) is 5.02 Å². The van der Waals surface area contributed by atoms with Crippen molar-refractivity contribution in [3.8, 4) is 0 Å². The molecule has 1 aliphatic heterocycles. The lowest BCUT2D eigenvalue weighted by molar-refractivity contribution is -0.185. The van der Waals surface area contributed by atoms with Crippen LogP contribution in [0.1, 0.15) is 24.8 Å². The summed E-state index contributed by atoms with van der Waals surface area (Å²) in [6.07, 6.45) is 2.76. The van der Waals surface area contributed by atoms with E-state index in [1.165, 1.54) is 0 Å². The topological polar surface area (TPSA) is 35.5 Å². The molecular formula is C13H15ClO3. The lowest BCUT2D eigenvalue weighted by Crippen LogP contribution is -2.26. The zero-order valence-electron chi connectivity index (χ0n) is 9.52. The molecule has 1 atom stereocenters. The molecule has 3 nitrogen and oxygen atoms in total. The molecule has 0 saturated carbocycles. The number of carbonyl (C=O) groups excluding carboxylic acids is 1. The second-order valence-corrected chi connectivity index (χ2v) is 4.53. The van der Waals surface area contributed by atoms with Gasteiger partial charge < -0.3 is 9.47 Å². The van der Waals surface area contributed by atoms with E-state index in [0.717, 1.165) is 24.8 Å². The van der Waals surface area contributed by atoms with E-state index in [0.29, 0.717) is 11.6 Å². The van der Waals surface area contributed by atoms with E-state index in [1.807, 2.05) is 12.1 Å². The fourth-order valence-corrected chi connectivity index (χ4v) is 2.02. The quantitative estimate of drug-likeness (QED) is 0.778. The molecule has 0 aromatic heterocycles. The molecular weight excluding hydrogens is 240 g/mol. The normalized spacial score (nSPS) is 19.9. The van der Waals surface area contributed by atoms with Gasteiger partial charge in [0.1, 0.15) is 0 Å². The van der Waals surface area contributed by atoms with Crippen LogP contribution in [0.5, 0.6) is 0 Å². The zero-order chi connectivity index (χ0) is 12.1. The molecule has 0 radical (unpaired) electrons. The third kappa shape index (κ3) is 4.02. The minimum atomic E-state index is -0.365. The molecule has 0 bridgehead atoms. The van der Waals surface area contributed by atoms with Crippen molar-refractivity contribution in [1.29, 1.82) is 0 Å². The highest BCUT2D eigenvalue weighted by molar-refractivity contribution is 6.30. The van der Waals surface area contributed by atoms with Gasteiger partial charge in [0.25, 0.3) is 0 Å². The van der Waals surface area contributed by atoms with E-state index in [9.17, 15) is 4.79 Å². The molecule has 1 unspecified atom stereocenters. The lowest BCUT2D eigenvalue weighted by Gasteiger charge is -2.22. The summed E-state index contributed by atoms with van der Waals surface area (Å²) >= 11 is 5.84. The molecule has 2 rings (SSSR count). The maximum Gasteiger partial charge on any atom is 0.312 e. The summed E-state index contributed by atoms with van der Waals surface area (Å²) in [5.74, 6) is -0.265. The average molecular weight is 255 g/mol. The number of hydrogen-bond acceptors (Lipinski definition) is 3. The van der Waals surface area contributed by atoms with Gasteiger partial charge in [-0.15, -0.1) is 0 Å². The number of esters is 1. The average Bonchev–Trinajstić information content (AvgIpc) is 2.30. The summed E-state index contributed by atoms with van der Waals surface area (Å²) in [6, 6.07) is 7.22. The number of rotatable bonds is 3. The standard InChI is InChI=1S/C13H15ClO3/c14-11-5-3-4-10(8-11)9-12(15)17-13-6-1-2-7-16-13/h3-5,8,13H,1-2,6-7,9H2.